The first kappa shape index (κ1) is 15.3. The van der Waals surface area contributed by atoms with Crippen LogP contribution in [0.15, 0.2) is 32.5 Å². The summed E-state index contributed by atoms with van der Waals surface area (Å²) in [6, 6.07) is 6.77. The highest BCUT2D eigenvalue weighted by Crippen LogP contribution is 2.34. The molecule has 0 aliphatic carbocycles. The Balaban J connectivity index is 2.07. The summed E-state index contributed by atoms with van der Waals surface area (Å²) in [5, 5.41) is 0.877. The number of hydrogen-bond acceptors (Lipinski definition) is 3. The predicted molar refractivity (Wildman–Crippen MR) is 86.0 cm³/mol. The molecule has 0 N–H and O–H groups in total. The van der Waals surface area contributed by atoms with Crippen LogP contribution in [-0.2, 0) is 0 Å². The van der Waals surface area contributed by atoms with E-state index in [0.29, 0.717) is 25.1 Å². The first-order valence-electron chi connectivity index (χ1n) is 5.03. The second kappa shape index (κ2) is 6.59. The van der Waals surface area contributed by atoms with E-state index < -0.39 is 0 Å². The molecular formula is C12H6Br2Cl2O2S. The summed E-state index contributed by atoms with van der Waals surface area (Å²) in [4.78, 5) is 12.5. The van der Waals surface area contributed by atoms with Crippen LogP contribution in [0.4, 0.5) is 0 Å². The largest absolute Gasteiger partial charge is 0.484 e. The zero-order valence-corrected chi connectivity index (χ0v) is 14.8. The third-order valence-electron chi connectivity index (χ3n) is 2.18. The Labute approximate surface area is 140 Å². The molecule has 7 heteroatoms. The van der Waals surface area contributed by atoms with Gasteiger partial charge < -0.3 is 4.74 Å². The number of carbonyl (C=O) groups excluding carboxylic acids is 1. The van der Waals surface area contributed by atoms with E-state index in [0.717, 1.165) is 3.79 Å². The van der Waals surface area contributed by atoms with Gasteiger partial charge in [-0.2, -0.15) is 0 Å². The molecule has 1 aromatic heterocycles. The van der Waals surface area contributed by atoms with E-state index in [1.54, 1.807) is 18.2 Å². The molecule has 0 atom stereocenters. The van der Waals surface area contributed by atoms with Gasteiger partial charge in [0, 0.05) is 10.5 Å². The highest BCUT2D eigenvalue weighted by Gasteiger charge is 2.12. The summed E-state index contributed by atoms with van der Waals surface area (Å²) in [5.74, 6) is 0.282. The van der Waals surface area contributed by atoms with Crippen LogP contribution in [0.5, 0.6) is 5.75 Å². The minimum Gasteiger partial charge on any atom is -0.484 e. The van der Waals surface area contributed by atoms with Crippen LogP contribution in [0, 0.1) is 0 Å². The van der Waals surface area contributed by atoms with Gasteiger partial charge in [-0.25, -0.2) is 0 Å². The Morgan fingerprint density at radius 3 is 2.58 bits per heavy atom. The van der Waals surface area contributed by atoms with Gasteiger partial charge in [0.1, 0.15) is 5.75 Å². The molecular weight excluding hydrogens is 439 g/mol. The first-order valence-corrected chi connectivity index (χ1v) is 8.19. The van der Waals surface area contributed by atoms with E-state index in [4.69, 9.17) is 27.9 Å². The number of hydrogen-bond donors (Lipinski definition) is 0. The molecule has 0 aliphatic rings. The molecule has 0 radical (unpaired) electrons. The lowest BCUT2D eigenvalue weighted by Gasteiger charge is -2.08. The zero-order chi connectivity index (χ0) is 14.0. The lowest BCUT2D eigenvalue weighted by molar-refractivity contribution is 0.0925. The minimum atomic E-state index is -0.106. The minimum absolute atomic E-state index is 0.0787. The van der Waals surface area contributed by atoms with Crippen molar-refractivity contribution in [1.29, 1.82) is 0 Å². The third kappa shape index (κ3) is 3.95. The van der Waals surface area contributed by atoms with Crippen molar-refractivity contribution in [3.05, 3.63) is 47.4 Å². The van der Waals surface area contributed by atoms with Gasteiger partial charge >= 0.3 is 0 Å². The lowest BCUT2D eigenvalue weighted by Crippen LogP contribution is -2.10. The van der Waals surface area contributed by atoms with E-state index >= 15 is 0 Å². The van der Waals surface area contributed by atoms with E-state index in [-0.39, 0.29) is 12.4 Å². The number of ketones is 1. The quantitative estimate of drug-likeness (QED) is 0.437. The average molecular weight is 445 g/mol. The average Bonchev–Trinajstić information content (AvgIpc) is 2.78. The summed E-state index contributed by atoms with van der Waals surface area (Å²) in [6.45, 7) is -0.0787. The van der Waals surface area contributed by atoms with Crippen LogP contribution in [0.2, 0.25) is 10.0 Å². The zero-order valence-electron chi connectivity index (χ0n) is 9.25. The SMILES string of the molecule is O=C(COc1cc(Cl)c(Br)cc1Cl)c1ccc(Br)s1. The Morgan fingerprint density at radius 1 is 1.21 bits per heavy atom. The van der Waals surface area contributed by atoms with Crippen LogP contribution in [0.25, 0.3) is 0 Å². The van der Waals surface area contributed by atoms with Gasteiger partial charge in [-0.1, -0.05) is 23.2 Å². The fraction of sp³-hybridized carbons (Fsp3) is 0.0833. The van der Waals surface area contributed by atoms with Gasteiger partial charge in [-0.3, -0.25) is 4.79 Å². The predicted octanol–water partition coefficient (Wildman–Crippen LogP) is 5.84. The second-order valence-electron chi connectivity index (χ2n) is 3.51. The maximum Gasteiger partial charge on any atom is 0.210 e. The van der Waals surface area contributed by atoms with Crippen molar-refractivity contribution in [3.63, 3.8) is 0 Å². The molecule has 0 amide bonds. The number of ether oxygens (including phenoxy) is 1. The molecule has 1 heterocycles. The summed E-state index contributed by atoms with van der Waals surface area (Å²) in [7, 11) is 0. The van der Waals surface area contributed by atoms with Crippen molar-refractivity contribution in [2.24, 2.45) is 0 Å². The molecule has 0 bridgehead atoms. The van der Waals surface area contributed by atoms with Gasteiger partial charge in [0.05, 0.1) is 18.7 Å². The van der Waals surface area contributed by atoms with Crippen molar-refractivity contribution in [1.82, 2.24) is 0 Å². The maximum atomic E-state index is 11.9. The van der Waals surface area contributed by atoms with Crippen LogP contribution in [0.1, 0.15) is 9.67 Å². The molecule has 1 aromatic carbocycles. The number of halogens is 4. The van der Waals surface area contributed by atoms with E-state index in [2.05, 4.69) is 31.9 Å². The molecule has 0 saturated heterocycles. The number of thiophene rings is 1. The van der Waals surface area contributed by atoms with Gasteiger partial charge in [0.25, 0.3) is 0 Å². The Morgan fingerprint density at radius 2 is 1.95 bits per heavy atom. The third-order valence-corrected chi connectivity index (χ3v) is 5.34. The van der Waals surface area contributed by atoms with Crippen molar-refractivity contribution < 1.29 is 9.53 Å². The summed E-state index contributed by atoms with van der Waals surface area (Å²) < 4.78 is 6.99. The maximum absolute atomic E-state index is 11.9. The Kier molecular flexibility index (Phi) is 5.31. The normalized spacial score (nSPS) is 10.5. The monoisotopic (exact) mass is 442 g/mol. The highest BCUT2D eigenvalue weighted by molar-refractivity contribution is 9.11. The smallest absolute Gasteiger partial charge is 0.210 e. The Bertz CT molecular complexity index is 628. The molecule has 2 rings (SSSR count). The number of carbonyl (C=O) groups is 1. The van der Waals surface area contributed by atoms with Crippen molar-refractivity contribution in [2.75, 3.05) is 6.61 Å². The summed E-state index contributed by atoms with van der Waals surface area (Å²) >= 11 is 19.9. The fourth-order valence-corrected chi connectivity index (χ4v) is 3.45. The number of benzene rings is 1. The molecule has 0 saturated carbocycles. The Hall–Kier alpha value is -0.0700. The summed E-state index contributed by atoms with van der Waals surface area (Å²) in [5.41, 5.74) is 0. The van der Waals surface area contributed by atoms with Crippen molar-refractivity contribution in [3.8, 4) is 5.75 Å². The van der Waals surface area contributed by atoms with Crippen LogP contribution in [-0.4, -0.2) is 12.4 Å². The van der Waals surface area contributed by atoms with Gasteiger partial charge in [0.2, 0.25) is 5.78 Å². The fourth-order valence-electron chi connectivity index (χ4n) is 1.29. The molecule has 100 valence electrons. The standard InChI is InChI=1S/C12H6Br2Cl2O2S/c13-6-3-8(16)10(4-7(6)15)18-5-9(17)11-1-2-12(14)19-11/h1-4H,5H2. The molecule has 2 aromatic rings. The van der Waals surface area contributed by atoms with Crippen LogP contribution < -0.4 is 4.74 Å². The lowest BCUT2D eigenvalue weighted by atomic mass is 10.3. The molecule has 2 nitrogen and oxygen atoms in total. The molecule has 19 heavy (non-hydrogen) atoms. The number of Topliss-reactive ketones (excluding diaryl/α,β-unsaturated/α-hetero) is 1. The summed E-state index contributed by atoms with van der Waals surface area (Å²) in [6.07, 6.45) is 0. The molecule has 0 aliphatic heterocycles. The van der Waals surface area contributed by atoms with Crippen molar-refractivity contribution in [2.45, 2.75) is 0 Å². The van der Waals surface area contributed by atoms with Crippen molar-refractivity contribution >= 4 is 72.2 Å². The molecule has 0 fully saturated rings. The van der Waals surface area contributed by atoms with Crippen LogP contribution in [0.3, 0.4) is 0 Å². The van der Waals surface area contributed by atoms with E-state index in [1.807, 2.05) is 6.07 Å². The van der Waals surface area contributed by atoms with Gasteiger partial charge in [-0.05, 0) is 50.1 Å². The van der Waals surface area contributed by atoms with Gasteiger partial charge in [-0.15, -0.1) is 11.3 Å². The van der Waals surface area contributed by atoms with E-state index in [1.165, 1.54) is 11.3 Å². The molecule has 0 unspecified atom stereocenters. The van der Waals surface area contributed by atoms with E-state index in [9.17, 15) is 4.79 Å². The topological polar surface area (TPSA) is 26.3 Å². The highest BCUT2D eigenvalue weighted by atomic mass is 79.9. The molecule has 0 spiro atoms. The second-order valence-corrected chi connectivity index (χ2v) is 7.64. The number of rotatable bonds is 4. The van der Waals surface area contributed by atoms with Gasteiger partial charge in [0.15, 0.2) is 6.61 Å². The van der Waals surface area contributed by atoms with Crippen LogP contribution >= 0.6 is 66.4 Å². The first-order chi connectivity index (χ1) is 8.97.